The molecule has 11 atom stereocenters. The summed E-state index contributed by atoms with van der Waals surface area (Å²) in [6.07, 6.45) is 32.9. The first kappa shape index (κ1) is 72.2. The Bertz CT molecular complexity index is 2510. The summed E-state index contributed by atoms with van der Waals surface area (Å²) >= 11 is 6.21. The molecule has 3 saturated heterocycles. The van der Waals surface area contributed by atoms with Gasteiger partial charge in [-0.2, -0.15) is 13.2 Å². The van der Waals surface area contributed by atoms with Crippen LogP contribution in [0, 0.1) is 29.6 Å². The Balaban J connectivity index is 1.09. The highest BCUT2D eigenvalue weighted by atomic mass is 35.5. The Hall–Kier alpha value is -3.64. The second-order valence-corrected chi connectivity index (χ2v) is 29.8. The van der Waals surface area contributed by atoms with Crippen molar-refractivity contribution in [2.45, 2.75) is 270 Å². The smallest absolute Gasteiger partial charge is 0.369 e. The minimum atomic E-state index is -4.51. The number of amides is 1. The summed E-state index contributed by atoms with van der Waals surface area (Å²) in [7, 11) is 4.33. The van der Waals surface area contributed by atoms with Crippen LogP contribution < -0.4 is 31.9 Å². The number of aliphatic imine (C=N–C) groups is 1. The maximum Gasteiger partial charge on any atom is 0.417 e. The van der Waals surface area contributed by atoms with Crippen molar-refractivity contribution in [3.8, 4) is 0 Å². The van der Waals surface area contributed by atoms with Crippen LogP contribution in [0.5, 0.6) is 0 Å². The number of carbonyl (C=O) groups is 1. The maximum atomic E-state index is 14.9. The Morgan fingerprint density at radius 2 is 1.52 bits per heavy atom. The predicted octanol–water partition coefficient (Wildman–Crippen LogP) is 13.4. The lowest BCUT2D eigenvalue weighted by Crippen LogP contribution is -2.76. The normalized spacial score (nSPS) is 30.9. The number of nitrogens with one attached hydrogen (secondary N) is 6. The van der Waals surface area contributed by atoms with Gasteiger partial charge in [0.25, 0.3) is 0 Å². The van der Waals surface area contributed by atoms with Crippen LogP contribution in [0.4, 0.5) is 13.2 Å². The lowest BCUT2D eigenvalue weighted by atomic mass is 9.74. The molecular weight excluding hydrogens is 1150 g/mol. The van der Waals surface area contributed by atoms with Crippen LogP contribution in [0.2, 0.25) is 5.02 Å². The molecule has 0 aromatic heterocycles. The number of hydrogen-bond donors (Lipinski definition) is 6. The van der Waals surface area contributed by atoms with Crippen molar-refractivity contribution in [1.29, 1.82) is 0 Å². The number of likely N-dealkylation sites (tertiary alicyclic amines) is 1. The molecule has 17 heteroatoms. The number of fused-ring (bicyclic) bond motifs is 2. The largest absolute Gasteiger partial charge is 0.417 e. The fraction of sp³-hybridized carbons (Fsp3) is 0.781. The van der Waals surface area contributed by atoms with Crippen LogP contribution in [0.15, 0.2) is 71.2 Å². The molecular formula is C73H122ClF3N12O. The van der Waals surface area contributed by atoms with Crippen molar-refractivity contribution in [1.82, 2.24) is 56.4 Å². The summed E-state index contributed by atoms with van der Waals surface area (Å²) in [6, 6.07) is 6.14. The molecule has 508 valence electrons. The first-order valence-electron chi connectivity index (χ1n) is 36.0. The van der Waals surface area contributed by atoms with E-state index in [-0.39, 0.29) is 52.7 Å². The second kappa shape index (κ2) is 34.7. The number of allylic oxidation sites excluding steroid dienone is 4. The van der Waals surface area contributed by atoms with E-state index >= 15 is 0 Å². The monoisotopic (exact) mass is 1270 g/mol. The van der Waals surface area contributed by atoms with E-state index in [1.165, 1.54) is 101 Å². The molecule has 5 unspecified atom stereocenters. The van der Waals surface area contributed by atoms with E-state index in [2.05, 4.69) is 151 Å². The number of hydrogen-bond acceptors (Lipinski definition) is 12. The van der Waals surface area contributed by atoms with E-state index in [4.69, 9.17) is 16.6 Å². The van der Waals surface area contributed by atoms with Crippen LogP contribution in [0.3, 0.4) is 0 Å². The van der Waals surface area contributed by atoms with Crippen LogP contribution in [-0.4, -0.2) is 163 Å². The van der Waals surface area contributed by atoms with Gasteiger partial charge in [-0.05, 0) is 159 Å². The van der Waals surface area contributed by atoms with Crippen molar-refractivity contribution in [2.24, 2.45) is 34.6 Å². The van der Waals surface area contributed by atoms with Gasteiger partial charge in [0.2, 0.25) is 5.91 Å². The highest BCUT2D eigenvalue weighted by Crippen LogP contribution is 2.42. The first-order chi connectivity index (χ1) is 43.2. The van der Waals surface area contributed by atoms with E-state index in [0.29, 0.717) is 67.1 Å². The van der Waals surface area contributed by atoms with Crippen molar-refractivity contribution in [3.63, 3.8) is 0 Å². The molecule has 8 rings (SSSR count). The third-order valence-corrected chi connectivity index (χ3v) is 22.8. The predicted molar refractivity (Wildman–Crippen MR) is 368 cm³/mol. The van der Waals surface area contributed by atoms with Crippen LogP contribution in [0.1, 0.15) is 208 Å². The van der Waals surface area contributed by atoms with Crippen molar-refractivity contribution >= 4 is 23.7 Å². The van der Waals surface area contributed by atoms with Crippen molar-refractivity contribution < 1.29 is 18.0 Å². The fourth-order valence-corrected chi connectivity index (χ4v) is 17.3. The zero-order chi connectivity index (χ0) is 64.5. The quantitative estimate of drug-likeness (QED) is 0.134. The minimum absolute atomic E-state index is 0.0412. The molecule has 1 amide bonds. The van der Waals surface area contributed by atoms with Gasteiger partial charge in [0, 0.05) is 168 Å². The van der Waals surface area contributed by atoms with Gasteiger partial charge in [-0.3, -0.25) is 14.7 Å². The molecule has 1 aromatic rings. The zero-order valence-corrected chi connectivity index (χ0v) is 58.4. The molecule has 0 radical (unpaired) electrons. The molecule has 3 aliphatic carbocycles. The Morgan fingerprint density at radius 3 is 2.21 bits per heavy atom. The number of aryl methyl sites for hydroxylation is 1. The third-order valence-electron chi connectivity index (χ3n) is 22.5. The van der Waals surface area contributed by atoms with Gasteiger partial charge in [-0.25, -0.2) is 0 Å². The number of nitrogens with zero attached hydrogens (tertiary/aromatic N) is 6. The molecule has 4 heterocycles. The van der Waals surface area contributed by atoms with Gasteiger partial charge in [0.1, 0.15) is 0 Å². The van der Waals surface area contributed by atoms with Gasteiger partial charge in [0.15, 0.2) is 0 Å². The number of piperidine rings is 1. The number of carbonyl (C=O) groups excluding carboxylic acids is 1. The fourth-order valence-electron chi connectivity index (χ4n) is 17.0. The van der Waals surface area contributed by atoms with Gasteiger partial charge >= 0.3 is 6.18 Å². The number of alkyl halides is 3. The molecule has 0 bridgehead atoms. The van der Waals surface area contributed by atoms with E-state index in [0.717, 1.165) is 115 Å². The summed E-state index contributed by atoms with van der Waals surface area (Å²) in [6.45, 7) is 28.3. The van der Waals surface area contributed by atoms with E-state index in [9.17, 15) is 18.0 Å². The van der Waals surface area contributed by atoms with E-state index < -0.39 is 11.7 Å². The van der Waals surface area contributed by atoms with Crippen LogP contribution in [0.25, 0.3) is 0 Å². The molecule has 1 aromatic carbocycles. The molecule has 1 spiro atoms. The van der Waals surface area contributed by atoms with E-state index in [1.54, 1.807) is 0 Å². The number of benzene rings is 1. The van der Waals surface area contributed by atoms with Gasteiger partial charge in [0.05, 0.1) is 23.0 Å². The first-order valence-corrected chi connectivity index (χ1v) is 36.4. The van der Waals surface area contributed by atoms with Gasteiger partial charge in [-0.1, -0.05) is 110 Å². The molecule has 6 N–H and O–H groups in total. The molecule has 90 heavy (non-hydrogen) atoms. The van der Waals surface area contributed by atoms with Gasteiger partial charge in [-0.15, -0.1) is 0 Å². The average Bonchev–Trinajstić information content (AvgIpc) is 0.950. The Labute approximate surface area is 548 Å². The van der Waals surface area contributed by atoms with Crippen LogP contribution >= 0.6 is 11.6 Å². The van der Waals surface area contributed by atoms with Crippen molar-refractivity contribution in [3.05, 3.63) is 82.3 Å². The maximum absolute atomic E-state index is 14.9. The highest BCUT2D eigenvalue weighted by molar-refractivity contribution is 6.31. The molecule has 3 saturated carbocycles. The average molecular weight is 1280 g/mol. The summed E-state index contributed by atoms with van der Waals surface area (Å²) in [5.41, 5.74) is 3.45. The number of halogens is 4. The molecule has 4 aliphatic heterocycles. The SMILES string of the molecule is CC[C@H](C)[C@H]1CN[C@@H](C2CCCC2)C(C)NCC2[C@@H](C(=O)N3CCCCC3)C(C)N2[C@@H](C(C)C)C(C)NC2(CCCC2)CNCCN=CC=C(CCc2ccc(C(F)(F)F)c(Cl)c2)NC=CN(C)C=C(CC2CCCCC2)N(C)C=C2CCCN2[C@@H](C)C(C)N1. The van der Waals surface area contributed by atoms with Crippen LogP contribution in [-0.2, 0) is 17.4 Å². The summed E-state index contributed by atoms with van der Waals surface area (Å²) in [5, 5.41) is 24.2. The molecule has 6 fully saturated rings. The second-order valence-electron chi connectivity index (χ2n) is 29.4. The van der Waals surface area contributed by atoms with E-state index in [1.807, 2.05) is 18.5 Å². The zero-order valence-electron chi connectivity index (χ0n) is 57.6. The highest BCUT2D eigenvalue weighted by Gasteiger charge is 2.55. The van der Waals surface area contributed by atoms with Gasteiger partial charge < -0.3 is 51.5 Å². The van der Waals surface area contributed by atoms with Crippen molar-refractivity contribution in [2.75, 3.05) is 66.5 Å². The lowest BCUT2D eigenvalue weighted by Gasteiger charge is -2.60. The summed E-state index contributed by atoms with van der Waals surface area (Å²) in [4.78, 5) is 31.9. The topological polar surface area (TPSA) is 118 Å². The minimum Gasteiger partial charge on any atom is -0.369 e. The Morgan fingerprint density at radius 1 is 0.811 bits per heavy atom. The summed E-state index contributed by atoms with van der Waals surface area (Å²) in [5.74, 6) is 2.43. The summed E-state index contributed by atoms with van der Waals surface area (Å²) < 4.78 is 41.1. The molecule has 13 nitrogen and oxygen atoms in total. The molecule has 7 aliphatic rings. The number of rotatable bonds is 10. The standard InChI is InChI=1S/C73H122ClF3N12O/c1-12-52(4)66-46-82-69(60-26-17-18-27-60)54(6)81-47-67-68(71(90)87-40-21-14-22-41-87)57(9)89(67)70(51(2)3)55(7)84-72(34-19-20-35-72)50-79-38-37-78-36-33-61(31-29-59-30-32-64(65(74)45-59)73(75,76)77)80-39-43-85(10)48-63(44-58-24-15-13-16-25-58)86(11)49-62-28-23-42-88(62)56(8)53(5)83-66/h30,32-33,36,39,43,45,48-49,51-58,60,66-70,79-84H,12-29,31,34-35,37-38,40-42,44,46-47,50H2,1-11H3/t52-,53?,54?,55?,56-,57?,66+,67?,68-,69+,70-/m0/s1. The third kappa shape index (κ3) is 19.7. The lowest BCUT2D eigenvalue weighted by molar-refractivity contribution is -0.162. The Kier molecular flexibility index (Phi) is 27.8.